The highest BCUT2D eigenvalue weighted by Gasteiger charge is 2.54. The van der Waals surface area contributed by atoms with E-state index in [1.165, 1.54) is 20.1 Å². The van der Waals surface area contributed by atoms with Crippen LogP contribution in [0.3, 0.4) is 0 Å². The fourth-order valence-electron chi connectivity index (χ4n) is 6.46. The lowest BCUT2D eigenvalue weighted by Crippen LogP contribution is -2.63. The molecule has 4 aliphatic rings. The van der Waals surface area contributed by atoms with Gasteiger partial charge in [-0.1, -0.05) is 13.8 Å². The monoisotopic (exact) mass is 690 g/mol. The van der Waals surface area contributed by atoms with Crippen molar-refractivity contribution in [3.8, 4) is 0 Å². The van der Waals surface area contributed by atoms with Crippen molar-refractivity contribution in [2.24, 2.45) is 23.7 Å². The molecule has 0 aromatic carbocycles. The number of rotatable bonds is 12. The van der Waals surface area contributed by atoms with Gasteiger partial charge in [-0.25, -0.2) is 0 Å². The third-order valence-corrected chi connectivity index (χ3v) is 8.83. The Morgan fingerprint density at radius 3 is 2.31 bits per heavy atom. The van der Waals surface area contributed by atoms with Crippen molar-refractivity contribution in [3.05, 3.63) is 11.8 Å². The first-order valence-corrected chi connectivity index (χ1v) is 15.9. The van der Waals surface area contributed by atoms with Crippen molar-refractivity contribution < 1.29 is 82.6 Å². The molecule has 0 radical (unpaired) electrons. The zero-order chi connectivity index (χ0) is 35.4. The lowest BCUT2D eigenvalue weighted by atomic mass is 9.83. The van der Waals surface area contributed by atoms with Gasteiger partial charge < -0.3 is 63.4 Å². The molecule has 3 aliphatic heterocycles. The average molecular weight is 691 g/mol. The molecule has 0 spiro atoms. The second kappa shape index (κ2) is 16.3. The molecule has 48 heavy (non-hydrogen) atoms. The van der Waals surface area contributed by atoms with Crippen LogP contribution >= 0.6 is 0 Å². The van der Waals surface area contributed by atoms with Gasteiger partial charge in [0.2, 0.25) is 6.29 Å². The summed E-state index contributed by atoms with van der Waals surface area (Å²) in [4.78, 5) is 48.9. The molecule has 17 heteroatoms. The van der Waals surface area contributed by atoms with Crippen molar-refractivity contribution in [2.45, 2.75) is 115 Å². The highest BCUT2D eigenvalue weighted by atomic mass is 16.8. The number of Topliss-reactive ketones (excluding diaryl/α,β-unsaturated/α-hetero) is 1. The van der Waals surface area contributed by atoms with Crippen LogP contribution < -0.4 is 0 Å². The molecule has 2 saturated heterocycles. The zero-order valence-electron chi connectivity index (χ0n) is 27.4. The second-order valence-electron chi connectivity index (χ2n) is 12.9. The van der Waals surface area contributed by atoms with E-state index in [4.69, 9.17) is 37.9 Å². The van der Waals surface area contributed by atoms with Gasteiger partial charge in [-0.15, -0.1) is 0 Å². The maximum atomic E-state index is 13.2. The molecule has 17 nitrogen and oxygen atoms in total. The smallest absolute Gasteiger partial charge is 0.309 e. The van der Waals surface area contributed by atoms with E-state index >= 15 is 0 Å². The standard InChI is InChI=1S/C31H46O17/c1-12(2)6-21(36)47-29-22-17(7-19(35)18(22)11-41-14(4)33)16(9-42-29)10-43-31-28(24(38)23(37)20(8-32)46-31)48-30-26(40)25(39)27(13(3)44-30)45-15(5)34/h9,12-13,17-20,22-23,25-32,35,37,39-40H,6-8,10-11H2,1-5H3. The topological polar surface area (TPSA) is 243 Å². The number of carbonyl (C=O) groups is 4. The van der Waals surface area contributed by atoms with E-state index in [-0.39, 0.29) is 32.0 Å². The van der Waals surface area contributed by atoms with Gasteiger partial charge in [0.15, 0.2) is 30.6 Å². The normalized spacial score (nSPS) is 39.6. The van der Waals surface area contributed by atoms with Gasteiger partial charge >= 0.3 is 17.9 Å². The second-order valence-corrected chi connectivity index (χ2v) is 12.9. The summed E-state index contributed by atoms with van der Waals surface area (Å²) in [6, 6.07) is 0. The molecule has 272 valence electrons. The van der Waals surface area contributed by atoms with Crippen LogP contribution in [0.25, 0.3) is 0 Å². The van der Waals surface area contributed by atoms with Gasteiger partial charge in [0.25, 0.3) is 0 Å². The number of ketones is 1. The first kappa shape index (κ1) is 38.1. The van der Waals surface area contributed by atoms with E-state index in [1.54, 1.807) is 0 Å². The SMILES string of the molecule is CC(=O)OCC1C(O)CC2C(COC3OC(CO)C(O)C(=O)C3OC3OC(C)C(OC(C)=O)C(O)C3O)=COC(OC(=O)CC(C)C)C21. The van der Waals surface area contributed by atoms with E-state index < -0.39 is 116 Å². The van der Waals surface area contributed by atoms with Crippen molar-refractivity contribution in [1.29, 1.82) is 0 Å². The third-order valence-electron chi connectivity index (χ3n) is 8.83. The number of hydrogen-bond acceptors (Lipinski definition) is 17. The number of carbonyl (C=O) groups excluding carboxylic acids is 4. The highest BCUT2D eigenvalue weighted by Crippen LogP contribution is 2.47. The molecule has 1 saturated carbocycles. The summed E-state index contributed by atoms with van der Waals surface area (Å²) in [6.45, 7) is 6.28. The van der Waals surface area contributed by atoms with E-state index in [1.807, 2.05) is 13.8 Å². The Morgan fingerprint density at radius 2 is 1.69 bits per heavy atom. The first-order chi connectivity index (χ1) is 22.6. The molecule has 0 aromatic heterocycles. The molecular weight excluding hydrogens is 644 g/mol. The Morgan fingerprint density at radius 1 is 0.979 bits per heavy atom. The summed E-state index contributed by atoms with van der Waals surface area (Å²) in [5.41, 5.74) is 0.462. The van der Waals surface area contributed by atoms with Gasteiger partial charge in [-0.2, -0.15) is 0 Å². The Balaban J connectivity index is 1.53. The van der Waals surface area contributed by atoms with Crippen LogP contribution in [0, 0.1) is 23.7 Å². The largest absolute Gasteiger partial charge is 0.465 e. The molecule has 14 atom stereocenters. The summed E-state index contributed by atoms with van der Waals surface area (Å²) in [6.07, 6.45) is -14.4. The van der Waals surface area contributed by atoms with Gasteiger partial charge in [0.05, 0.1) is 38.3 Å². The van der Waals surface area contributed by atoms with Crippen LogP contribution in [0.15, 0.2) is 11.8 Å². The summed E-state index contributed by atoms with van der Waals surface area (Å²) < 4.78 is 44.6. The van der Waals surface area contributed by atoms with Crippen molar-refractivity contribution in [3.63, 3.8) is 0 Å². The third kappa shape index (κ3) is 8.70. The molecular formula is C31H46O17. The van der Waals surface area contributed by atoms with Crippen LogP contribution in [0.2, 0.25) is 0 Å². The van der Waals surface area contributed by atoms with Crippen LogP contribution in [0.1, 0.15) is 47.5 Å². The quantitative estimate of drug-likeness (QED) is 0.115. The minimum Gasteiger partial charge on any atom is -0.465 e. The lowest BCUT2D eigenvalue weighted by molar-refractivity contribution is -0.334. The molecule has 1 aliphatic carbocycles. The van der Waals surface area contributed by atoms with Gasteiger partial charge in [0.1, 0.15) is 24.4 Å². The fourth-order valence-corrected chi connectivity index (χ4v) is 6.46. The Labute approximate surface area is 277 Å². The maximum Gasteiger partial charge on any atom is 0.309 e. The number of fused-ring (bicyclic) bond motifs is 1. The van der Waals surface area contributed by atoms with Crippen molar-refractivity contribution >= 4 is 23.7 Å². The van der Waals surface area contributed by atoms with Gasteiger partial charge in [-0.3, -0.25) is 19.2 Å². The molecule has 3 heterocycles. The minimum atomic E-state index is -1.84. The Hall–Kier alpha value is -2.74. The number of hydrogen-bond donors (Lipinski definition) is 5. The molecule has 0 aromatic rings. The predicted octanol–water partition coefficient (Wildman–Crippen LogP) is -1.56. The summed E-state index contributed by atoms with van der Waals surface area (Å²) in [5, 5.41) is 52.5. The molecule has 14 unspecified atom stereocenters. The summed E-state index contributed by atoms with van der Waals surface area (Å²) in [7, 11) is 0. The van der Waals surface area contributed by atoms with Gasteiger partial charge in [0, 0.05) is 32.1 Å². The average Bonchev–Trinajstić information content (AvgIpc) is 3.35. The maximum absolute atomic E-state index is 13.2. The Kier molecular flexibility index (Phi) is 12.9. The van der Waals surface area contributed by atoms with E-state index in [0.717, 1.165) is 6.92 Å². The highest BCUT2D eigenvalue weighted by molar-refractivity contribution is 5.89. The molecule has 4 rings (SSSR count). The summed E-state index contributed by atoms with van der Waals surface area (Å²) in [5.74, 6) is -4.55. The van der Waals surface area contributed by atoms with Crippen LogP contribution in [0.5, 0.6) is 0 Å². The van der Waals surface area contributed by atoms with Gasteiger partial charge in [-0.05, 0) is 30.8 Å². The molecule has 0 amide bonds. The molecule has 0 bridgehead atoms. The lowest BCUT2D eigenvalue weighted by Gasteiger charge is -2.44. The predicted molar refractivity (Wildman–Crippen MR) is 156 cm³/mol. The van der Waals surface area contributed by atoms with E-state index in [9.17, 15) is 44.7 Å². The Bertz CT molecular complexity index is 1190. The van der Waals surface area contributed by atoms with Crippen LogP contribution in [0.4, 0.5) is 0 Å². The minimum absolute atomic E-state index is 0.0129. The molecule has 3 fully saturated rings. The number of aliphatic hydroxyl groups is 5. The zero-order valence-corrected chi connectivity index (χ0v) is 27.4. The fraction of sp³-hybridized carbons (Fsp3) is 0.806. The van der Waals surface area contributed by atoms with E-state index in [2.05, 4.69) is 0 Å². The molecule has 5 N–H and O–H groups in total. The van der Waals surface area contributed by atoms with E-state index in [0.29, 0.717) is 5.57 Å². The van der Waals surface area contributed by atoms with Crippen molar-refractivity contribution in [1.82, 2.24) is 0 Å². The van der Waals surface area contributed by atoms with Crippen LogP contribution in [-0.4, -0.2) is 137 Å². The summed E-state index contributed by atoms with van der Waals surface area (Å²) >= 11 is 0. The van der Waals surface area contributed by atoms with Crippen LogP contribution in [-0.2, 0) is 57.1 Å². The number of esters is 3. The van der Waals surface area contributed by atoms with Crippen molar-refractivity contribution in [2.75, 3.05) is 19.8 Å². The number of ether oxygens (including phenoxy) is 8. The first-order valence-electron chi connectivity index (χ1n) is 15.9. The number of aliphatic hydroxyl groups excluding tert-OH is 5.